The molecule has 5 rings (SSSR count). The predicted octanol–water partition coefficient (Wildman–Crippen LogP) is 5.17. The van der Waals surface area contributed by atoms with Crippen molar-refractivity contribution in [2.75, 3.05) is 0 Å². The first-order chi connectivity index (χ1) is 11.1. The molecule has 2 nitrogen and oxygen atoms in total. The number of nitrogens with zero attached hydrogens (tertiary/aromatic N) is 2. The summed E-state index contributed by atoms with van der Waals surface area (Å²) < 4.78 is 2.43. The van der Waals surface area contributed by atoms with Crippen molar-refractivity contribution in [2.45, 2.75) is 39.5 Å². The normalized spacial score (nSPS) is 13.9. The fraction of sp³-hybridized carbons (Fsp3) is 0.286. The molecule has 0 saturated carbocycles. The third-order valence-corrected chi connectivity index (χ3v) is 5.36. The van der Waals surface area contributed by atoms with E-state index in [0.717, 1.165) is 18.5 Å². The van der Waals surface area contributed by atoms with Crippen LogP contribution in [0.5, 0.6) is 0 Å². The Labute approximate surface area is 135 Å². The van der Waals surface area contributed by atoms with Gasteiger partial charge in [-0.3, -0.25) is 4.40 Å². The van der Waals surface area contributed by atoms with Gasteiger partial charge in [-0.1, -0.05) is 44.2 Å². The fourth-order valence-corrected chi connectivity index (χ4v) is 4.16. The summed E-state index contributed by atoms with van der Waals surface area (Å²) in [5, 5.41) is 3.98. The molecular formula is C21H20N2. The Bertz CT molecular complexity index is 1100. The first kappa shape index (κ1) is 13.1. The standard InChI is InChI=1S/C21H20N2/c1-12(2)15-10-14-8-9-19-13(3)22-21-17-7-5-4-6-16(17)18(11-15)20(14)23(19)21/h4-7,10-12H,8-9H2,1-3H3. The topological polar surface area (TPSA) is 17.3 Å². The van der Waals surface area contributed by atoms with E-state index >= 15 is 0 Å². The van der Waals surface area contributed by atoms with E-state index in [9.17, 15) is 0 Å². The molecule has 1 aliphatic heterocycles. The zero-order valence-electron chi connectivity index (χ0n) is 13.9. The number of benzene rings is 2. The molecule has 0 fully saturated rings. The molecule has 0 saturated heterocycles. The van der Waals surface area contributed by atoms with Crippen molar-refractivity contribution in [3.8, 4) is 0 Å². The Morgan fingerprint density at radius 3 is 2.57 bits per heavy atom. The van der Waals surface area contributed by atoms with Crippen LogP contribution in [-0.2, 0) is 12.8 Å². The molecule has 0 bridgehead atoms. The van der Waals surface area contributed by atoms with Crippen LogP contribution in [0.1, 0.15) is 42.3 Å². The van der Waals surface area contributed by atoms with Gasteiger partial charge in [-0.25, -0.2) is 4.98 Å². The lowest BCUT2D eigenvalue weighted by molar-refractivity contribution is 0.840. The van der Waals surface area contributed by atoms with Crippen LogP contribution in [-0.4, -0.2) is 9.38 Å². The quantitative estimate of drug-likeness (QED) is 0.443. The van der Waals surface area contributed by atoms with Crippen LogP contribution >= 0.6 is 0 Å². The van der Waals surface area contributed by atoms with Crippen LogP contribution in [0.3, 0.4) is 0 Å². The summed E-state index contributed by atoms with van der Waals surface area (Å²) in [6, 6.07) is 13.5. The maximum atomic E-state index is 4.92. The summed E-state index contributed by atoms with van der Waals surface area (Å²) >= 11 is 0. The van der Waals surface area contributed by atoms with E-state index in [2.05, 4.69) is 61.6 Å². The molecule has 0 N–H and O–H groups in total. The van der Waals surface area contributed by atoms with E-state index < -0.39 is 0 Å². The molecule has 0 radical (unpaired) electrons. The van der Waals surface area contributed by atoms with Crippen molar-refractivity contribution in [1.82, 2.24) is 9.38 Å². The molecule has 4 aromatic rings. The second-order valence-corrected chi connectivity index (χ2v) is 7.08. The minimum atomic E-state index is 0.552. The molecule has 2 aromatic carbocycles. The number of pyridine rings is 1. The lowest BCUT2D eigenvalue weighted by atomic mass is 9.91. The maximum Gasteiger partial charge on any atom is 0.145 e. The average Bonchev–Trinajstić information content (AvgIpc) is 2.91. The second kappa shape index (κ2) is 4.35. The number of aryl methyl sites for hydroxylation is 3. The number of fused-ring (bicyclic) bond motifs is 3. The zero-order valence-corrected chi connectivity index (χ0v) is 13.9. The van der Waals surface area contributed by atoms with Gasteiger partial charge in [-0.2, -0.15) is 0 Å². The summed E-state index contributed by atoms with van der Waals surface area (Å²) in [7, 11) is 0. The number of rotatable bonds is 1. The molecule has 0 unspecified atom stereocenters. The molecule has 0 spiro atoms. The van der Waals surface area contributed by atoms with Gasteiger partial charge < -0.3 is 0 Å². The van der Waals surface area contributed by atoms with Crippen molar-refractivity contribution in [1.29, 1.82) is 0 Å². The zero-order chi connectivity index (χ0) is 15.7. The summed E-state index contributed by atoms with van der Waals surface area (Å²) in [6.45, 7) is 6.71. The highest BCUT2D eigenvalue weighted by Gasteiger charge is 2.22. The largest absolute Gasteiger partial charge is 0.296 e. The van der Waals surface area contributed by atoms with E-state index in [1.54, 1.807) is 0 Å². The maximum absolute atomic E-state index is 4.92. The molecule has 114 valence electrons. The van der Waals surface area contributed by atoms with Gasteiger partial charge in [0.1, 0.15) is 5.65 Å². The van der Waals surface area contributed by atoms with Gasteiger partial charge >= 0.3 is 0 Å². The van der Waals surface area contributed by atoms with Crippen LogP contribution in [0, 0.1) is 6.92 Å². The van der Waals surface area contributed by atoms with Gasteiger partial charge in [0.05, 0.1) is 11.2 Å². The minimum Gasteiger partial charge on any atom is -0.296 e. The highest BCUT2D eigenvalue weighted by atomic mass is 15.0. The number of hydrogen-bond acceptors (Lipinski definition) is 1. The summed E-state index contributed by atoms with van der Waals surface area (Å²) in [5.41, 5.74) is 8.00. The fourth-order valence-electron chi connectivity index (χ4n) is 4.16. The van der Waals surface area contributed by atoms with E-state index in [4.69, 9.17) is 4.98 Å². The molecule has 0 aliphatic carbocycles. The summed E-state index contributed by atoms with van der Waals surface area (Å²) in [4.78, 5) is 4.92. The van der Waals surface area contributed by atoms with Crippen molar-refractivity contribution < 1.29 is 0 Å². The Hall–Kier alpha value is -2.35. The molecule has 3 heterocycles. The highest BCUT2D eigenvalue weighted by Crippen LogP contribution is 2.37. The lowest BCUT2D eigenvalue weighted by Crippen LogP contribution is -2.09. The third-order valence-electron chi connectivity index (χ3n) is 5.36. The van der Waals surface area contributed by atoms with Gasteiger partial charge in [-0.15, -0.1) is 0 Å². The van der Waals surface area contributed by atoms with Gasteiger partial charge in [0, 0.05) is 16.5 Å². The van der Waals surface area contributed by atoms with E-state index in [-0.39, 0.29) is 0 Å². The Kier molecular flexibility index (Phi) is 2.48. The van der Waals surface area contributed by atoms with Gasteiger partial charge in [-0.05, 0) is 48.3 Å². The van der Waals surface area contributed by atoms with E-state index in [0.29, 0.717) is 5.92 Å². The van der Waals surface area contributed by atoms with E-state index in [1.807, 2.05) is 0 Å². The van der Waals surface area contributed by atoms with Crippen LogP contribution in [0.25, 0.3) is 27.3 Å². The Morgan fingerprint density at radius 1 is 1.00 bits per heavy atom. The van der Waals surface area contributed by atoms with Crippen LogP contribution in [0.4, 0.5) is 0 Å². The monoisotopic (exact) mass is 300 g/mol. The van der Waals surface area contributed by atoms with Gasteiger partial charge in [0.2, 0.25) is 0 Å². The molecule has 2 heteroatoms. The van der Waals surface area contributed by atoms with Crippen LogP contribution < -0.4 is 0 Å². The molecule has 23 heavy (non-hydrogen) atoms. The average molecular weight is 300 g/mol. The van der Waals surface area contributed by atoms with Crippen molar-refractivity contribution in [3.05, 3.63) is 58.9 Å². The Balaban J connectivity index is 2.14. The summed E-state index contributed by atoms with van der Waals surface area (Å²) in [5.74, 6) is 0.552. The highest BCUT2D eigenvalue weighted by molar-refractivity contribution is 6.13. The smallest absolute Gasteiger partial charge is 0.145 e. The van der Waals surface area contributed by atoms with Gasteiger partial charge in [0.15, 0.2) is 0 Å². The Morgan fingerprint density at radius 2 is 1.78 bits per heavy atom. The van der Waals surface area contributed by atoms with Crippen molar-refractivity contribution in [3.63, 3.8) is 0 Å². The van der Waals surface area contributed by atoms with Crippen LogP contribution in [0.15, 0.2) is 36.4 Å². The molecule has 0 atom stereocenters. The predicted molar refractivity (Wildman–Crippen MR) is 96.4 cm³/mol. The molecular weight excluding hydrogens is 280 g/mol. The number of aromatic nitrogens is 2. The van der Waals surface area contributed by atoms with E-state index in [1.165, 1.54) is 44.2 Å². The van der Waals surface area contributed by atoms with Crippen molar-refractivity contribution in [2.24, 2.45) is 0 Å². The second-order valence-electron chi connectivity index (χ2n) is 7.08. The van der Waals surface area contributed by atoms with Crippen molar-refractivity contribution >= 4 is 27.3 Å². The van der Waals surface area contributed by atoms with Crippen LogP contribution in [0.2, 0.25) is 0 Å². The third kappa shape index (κ3) is 1.61. The molecule has 2 aromatic heterocycles. The number of imidazole rings is 1. The SMILES string of the molecule is Cc1nc2c3ccccc3c3cc(C(C)C)cc4c3n2c1CC4. The summed E-state index contributed by atoms with van der Waals surface area (Å²) in [6.07, 6.45) is 2.21. The molecule has 0 amide bonds. The first-order valence-corrected chi connectivity index (χ1v) is 8.50. The first-order valence-electron chi connectivity index (χ1n) is 8.50. The lowest BCUT2D eigenvalue weighted by Gasteiger charge is -2.21. The van der Waals surface area contributed by atoms with Gasteiger partial charge in [0.25, 0.3) is 0 Å². The minimum absolute atomic E-state index is 0.552. The number of hydrogen-bond donors (Lipinski definition) is 0. The molecule has 1 aliphatic rings.